The third kappa shape index (κ3) is 6.47. The molecule has 1 N–H and O–H groups in total. The fourth-order valence-electron chi connectivity index (χ4n) is 6.11. The van der Waals surface area contributed by atoms with Gasteiger partial charge in [-0.3, -0.25) is 0 Å². The summed E-state index contributed by atoms with van der Waals surface area (Å²) in [6.45, 7) is 13.7. The molecule has 1 aliphatic heterocycles. The van der Waals surface area contributed by atoms with Gasteiger partial charge < -0.3 is 5.32 Å². The maximum atomic E-state index is 14.2. The van der Waals surface area contributed by atoms with Crippen LogP contribution >= 0.6 is 11.8 Å². The lowest BCUT2D eigenvalue weighted by Gasteiger charge is -2.40. The van der Waals surface area contributed by atoms with Crippen molar-refractivity contribution >= 4 is 27.5 Å². The van der Waals surface area contributed by atoms with Crippen LogP contribution in [0.4, 0.5) is 5.69 Å². The molecule has 1 fully saturated rings. The van der Waals surface area contributed by atoms with E-state index in [2.05, 4.69) is 62.5 Å². The van der Waals surface area contributed by atoms with Gasteiger partial charge in [0.05, 0.1) is 4.90 Å². The molecular weight excluding hydrogens is 508 g/mol. The Morgan fingerprint density at radius 1 is 0.868 bits per heavy atom. The molecule has 0 saturated carbocycles. The zero-order chi connectivity index (χ0) is 27.4. The average molecular weight is 551 g/mol. The first-order chi connectivity index (χ1) is 18.1. The molecule has 0 aliphatic carbocycles. The van der Waals surface area contributed by atoms with E-state index < -0.39 is 10.0 Å². The van der Waals surface area contributed by atoms with Crippen LogP contribution in [-0.4, -0.2) is 37.1 Å². The summed E-state index contributed by atoms with van der Waals surface area (Å²) in [5.41, 5.74) is 7.76. The summed E-state index contributed by atoms with van der Waals surface area (Å²) < 4.78 is 30.3. The second kappa shape index (κ2) is 12.3. The van der Waals surface area contributed by atoms with E-state index in [0.717, 1.165) is 48.9 Å². The van der Waals surface area contributed by atoms with Gasteiger partial charge in [0.25, 0.3) is 0 Å². The van der Waals surface area contributed by atoms with E-state index in [1.807, 2.05) is 55.0 Å². The Bertz CT molecular complexity index is 1320. The van der Waals surface area contributed by atoms with Crippen LogP contribution in [0, 0.1) is 41.5 Å². The molecule has 1 saturated heterocycles. The van der Waals surface area contributed by atoms with E-state index in [0.29, 0.717) is 11.4 Å². The summed E-state index contributed by atoms with van der Waals surface area (Å²) in [5, 5.41) is 3.86. The number of anilines is 1. The molecule has 204 valence electrons. The molecule has 3 aromatic rings. The van der Waals surface area contributed by atoms with Gasteiger partial charge in [0.2, 0.25) is 10.0 Å². The highest BCUT2D eigenvalue weighted by molar-refractivity contribution is 8.00. The Labute approximate surface area is 234 Å². The lowest BCUT2D eigenvalue weighted by atomic mass is 9.99. The molecule has 1 aliphatic rings. The molecule has 4 rings (SSSR count). The standard InChI is InChI=1S/C32H42N2O2S2/c1-22-18-24(3)31(25(4)19-22)33-16-10-14-29-30(37-28-12-8-7-9-13-28)15-11-17-34(29)38(35,36)32-26(5)20-23(2)21-27(32)6/h7-9,12-13,18-21,29-30,33H,10-11,14-17H2,1-6H3/t29-,30-/m1/s1. The van der Waals surface area contributed by atoms with E-state index in [1.165, 1.54) is 27.3 Å². The van der Waals surface area contributed by atoms with Gasteiger partial charge in [-0.2, -0.15) is 4.31 Å². The molecule has 0 radical (unpaired) electrons. The van der Waals surface area contributed by atoms with Crippen molar-refractivity contribution in [3.05, 3.63) is 88.0 Å². The van der Waals surface area contributed by atoms with Crippen LogP contribution in [0.3, 0.4) is 0 Å². The molecule has 3 aromatic carbocycles. The summed E-state index contributed by atoms with van der Waals surface area (Å²) in [7, 11) is -3.62. The van der Waals surface area contributed by atoms with E-state index in [1.54, 1.807) is 0 Å². The first kappa shape index (κ1) is 28.7. The number of piperidine rings is 1. The van der Waals surface area contributed by atoms with Crippen LogP contribution in [0.2, 0.25) is 0 Å². The number of hydrogen-bond donors (Lipinski definition) is 1. The van der Waals surface area contributed by atoms with Crippen LogP contribution in [0.1, 0.15) is 59.1 Å². The monoisotopic (exact) mass is 550 g/mol. The van der Waals surface area contributed by atoms with Crippen molar-refractivity contribution in [1.82, 2.24) is 4.31 Å². The maximum Gasteiger partial charge on any atom is 0.243 e. The Morgan fingerprint density at radius 2 is 1.45 bits per heavy atom. The summed E-state index contributed by atoms with van der Waals surface area (Å²) >= 11 is 1.83. The first-order valence-electron chi connectivity index (χ1n) is 13.7. The van der Waals surface area contributed by atoms with Crippen molar-refractivity contribution in [2.75, 3.05) is 18.4 Å². The molecule has 0 bridgehead atoms. The molecule has 0 aromatic heterocycles. The van der Waals surface area contributed by atoms with Gasteiger partial charge in [-0.1, -0.05) is 53.6 Å². The third-order valence-corrected chi connectivity index (χ3v) is 11.2. The summed E-state index contributed by atoms with van der Waals surface area (Å²) in [6.07, 6.45) is 3.63. The van der Waals surface area contributed by atoms with Crippen LogP contribution in [0.5, 0.6) is 0 Å². The number of nitrogens with one attached hydrogen (secondary N) is 1. The highest BCUT2D eigenvalue weighted by Crippen LogP contribution is 2.39. The van der Waals surface area contributed by atoms with E-state index >= 15 is 0 Å². The van der Waals surface area contributed by atoms with E-state index in [9.17, 15) is 8.42 Å². The van der Waals surface area contributed by atoms with Gasteiger partial charge >= 0.3 is 0 Å². The maximum absolute atomic E-state index is 14.2. The van der Waals surface area contributed by atoms with E-state index in [4.69, 9.17) is 0 Å². The Morgan fingerprint density at radius 3 is 2.05 bits per heavy atom. The first-order valence-corrected chi connectivity index (χ1v) is 16.0. The fraction of sp³-hybridized carbons (Fsp3) is 0.438. The Hall–Kier alpha value is -2.28. The number of nitrogens with zero attached hydrogens (tertiary/aromatic N) is 1. The lowest BCUT2D eigenvalue weighted by Crippen LogP contribution is -2.50. The van der Waals surface area contributed by atoms with Gasteiger partial charge in [0, 0.05) is 35.0 Å². The second-order valence-corrected chi connectivity index (χ2v) is 14.0. The van der Waals surface area contributed by atoms with Gasteiger partial charge in [0.15, 0.2) is 0 Å². The van der Waals surface area contributed by atoms with Gasteiger partial charge in [-0.25, -0.2) is 8.42 Å². The predicted molar refractivity (Wildman–Crippen MR) is 162 cm³/mol. The summed E-state index contributed by atoms with van der Waals surface area (Å²) in [6, 6.07) is 18.8. The zero-order valence-corrected chi connectivity index (χ0v) is 25.3. The number of rotatable bonds is 9. The van der Waals surface area contributed by atoms with Crippen molar-refractivity contribution in [2.24, 2.45) is 0 Å². The Balaban J connectivity index is 1.59. The lowest BCUT2D eigenvalue weighted by molar-refractivity contribution is 0.246. The smallest absolute Gasteiger partial charge is 0.243 e. The molecule has 4 nitrogen and oxygen atoms in total. The normalized spacial score (nSPS) is 18.5. The SMILES string of the molecule is Cc1cc(C)c(NCCC[C@@H]2[C@H](Sc3ccccc3)CCCN2S(=O)(=O)c2c(C)cc(C)cc2C)c(C)c1. The molecular formula is C32H42N2O2S2. The van der Waals surface area contributed by atoms with Gasteiger partial charge in [0.1, 0.15) is 0 Å². The molecule has 2 atom stereocenters. The summed E-state index contributed by atoms with van der Waals surface area (Å²) in [4.78, 5) is 1.69. The van der Waals surface area contributed by atoms with Crippen LogP contribution in [-0.2, 0) is 10.0 Å². The van der Waals surface area contributed by atoms with Crippen LogP contribution in [0.25, 0.3) is 0 Å². The minimum atomic E-state index is -3.62. The quantitative estimate of drug-likeness (QED) is 0.277. The molecule has 1 heterocycles. The van der Waals surface area contributed by atoms with Crippen LogP contribution < -0.4 is 5.32 Å². The van der Waals surface area contributed by atoms with E-state index in [-0.39, 0.29) is 11.3 Å². The molecule has 0 spiro atoms. The average Bonchev–Trinajstić information content (AvgIpc) is 2.83. The predicted octanol–water partition coefficient (Wildman–Crippen LogP) is 7.74. The minimum absolute atomic E-state index is 0.0546. The van der Waals surface area contributed by atoms with Gasteiger partial charge in [-0.05, 0) is 102 Å². The number of aryl methyl sites for hydroxylation is 6. The molecule has 6 heteroatoms. The number of benzene rings is 3. The Kier molecular flexibility index (Phi) is 9.27. The van der Waals surface area contributed by atoms with Crippen molar-refractivity contribution in [3.63, 3.8) is 0 Å². The van der Waals surface area contributed by atoms with Crippen LogP contribution in [0.15, 0.2) is 64.4 Å². The highest BCUT2D eigenvalue weighted by Gasteiger charge is 2.40. The largest absolute Gasteiger partial charge is 0.385 e. The fourth-order valence-corrected chi connectivity index (χ4v) is 9.72. The number of sulfonamides is 1. The van der Waals surface area contributed by atoms with Crippen molar-refractivity contribution < 1.29 is 8.42 Å². The van der Waals surface area contributed by atoms with Crippen molar-refractivity contribution in [3.8, 4) is 0 Å². The topological polar surface area (TPSA) is 49.4 Å². The summed E-state index contributed by atoms with van der Waals surface area (Å²) in [5.74, 6) is 0. The second-order valence-electron chi connectivity index (χ2n) is 10.9. The van der Waals surface area contributed by atoms with Gasteiger partial charge in [-0.15, -0.1) is 11.8 Å². The molecule has 0 unspecified atom stereocenters. The van der Waals surface area contributed by atoms with Crippen molar-refractivity contribution in [1.29, 1.82) is 0 Å². The number of hydrogen-bond acceptors (Lipinski definition) is 4. The minimum Gasteiger partial charge on any atom is -0.385 e. The third-order valence-electron chi connectivity index (χ3n) is 7.52. The highest BCUT2D eigenvalue weighted by atomic mass is 32.2. The number of thioether (sulfide) groups is 1. The molecule has 0 amide bonds. The molecule has 38 heavy (non-hydrogen) atoms. The zero-order valence-electron chi connectivity index (χ0n) is 23.7. The van der Waals surface area contributed by atoms with Crippen molar-refractivity contribution in [2.45, 2.75) is 88.3 Å².